The summed E-state index contributed by atoms with van der Waals surface area (Å²) in [6.07, 6.45) is 0. The van der Waals surface area contributed by atoms with Gasteiger partial charge in [-0.1, -0.05) is 23.7 Å². The number of para-hydroxylation sites is 2. The number of amides is 1. The highest BCUT2D eigenvalue weighted by molar-refractivity contribution is 6.33. The predicted octanol–water partition coefficient (Wildman–Crippen LogP) is 3.64. The van der Waals surface area contributed by atoms with Crippen molar-refractivity contribution in [3.8, 4) is 5.75 Å². The van der Waals surface area contributed by atoms with Crippen LogP contribution in [0.5, 0.6) is 5.75 Å². The number of nitrogens with zero attached hydrogens (tertiary/aromatic N) is 2. The fourth-order valence-corrected chi connectivity index (χ4v) is 3.34. The SMILES string of the molecule is CCOc1ccccc1N1CCN(CC(=O)Nc2ccc(F)cc2Cl)CC1. The fourth-order valence-electron chi connectivity index (χ4n) is 3.13. The van der Waals surface area contributed by atoms with Gasteiger partial charge in [0.2, 0.25) is 5.91 Å². The molecule has 1 heterocycles. The molecule has 0 saturated carbocycles. The molecule has 0 bridgehead atoms. The first kappa shape index (κ1) is 19.5. The van der Waals surface area contributed by atoms with Gasteiger partial charge in [-0.3, -0.25) is 9.69 Å². The second-order valence-corrected chi connectivity index (χ2v) is 6.74. The van der Waals surface area contributed by atoms with Crippen LogP contribution >= 0.6 is 11.6 Å². The average molecular weight is 392 g/mol. The van der Waals surface area contributed by atoms with E-state index in [-0.39, 0.29) is 17.5 Å². The summed E-state index contributed by atoms with van der Waals surface area (Å²) in [4.78, 5) is 16.6. The standard InChI is InChI=1S/C20H23ClFN3O2/c1-2-27-19-6-4-3-5-18(19)25-11-9-24(10-12-25)14-20(26)23-17-8-7-15(22)13-16(17)21/h3-8,13H,2,9-12,14H2,1H3,(H,23,26). The van der Waals surface area contributed by atoms with Gasteiger partial charge < -0.3 is 15.0 Å². The molecule has 0 radical (unpaired) electrons. The van der Waals surface area contributed by atoms with Crippen molar-refractivity contribution in [2.75, 3.05) is 49.5 Å². The Morgan fingerprint density at radius 3 is 2.63 bits per heavy atom. The average Bonchev–Trinajstić information content (AvgIpc) is 2.65. The van der Waals surface area contributed by atoms with E-state index in [0.29, 0.717) is 12.3 Å². The summed E-state index contributed by atoms with van der Waals surface area (Å²) in [7, 11) is 0. The first-order valence-electron chi connectivity index (χ1n) is 9.01. The summed E-state index contributed by atoms with van der Waals surface area (Å²) in [6, 6.07) is 11.9. The molecule has 2 aromatic rings. The van der Waals surface area contributed by atoms with Crippen molar-refractivity contribution in [1.29, 1.82) is 0 Å². The van der Waals surface area contributed by atoms with Crippen molar-refractivity contribution in [2.45, 2.75) is 6.92 Å². The molecule has 0 spiro atoms. The second kappa shape index (κ2) is 9.06. The molecule has 0 aromatic heterocycles. The highest BCUT2D eigenvalue weighted by Crippen LogP contribution is 2.29. The van der Waals surface area contributed by atoms with E-state index < -0.39 is 5.82 Å². The van der Waals surface area contributed by atoms with Crippen molar-refractivity contribution < 1.29 is 13.9 Å². The van der Waals surface area contributed by atoms with Gasteiger partial charge in [0.05, 0.1) is 29.5 Å². The van der Waals surface area contributed by atoms with Crippen LogP contribution in [0.25, 0.3) is 0 Å². The molecule has 1 amide bonds. The van der Waals surface area contributed by atoms with Crippen molar-refractivity contribution in [1.82, 2.24) is 4.90 Å². The molecular weight excluding hydrogens is 369 g/mol. The van der Waals surface area contributed by atoms with Gasteiger partial charge in [0, 0.05) is 26.2 Å². The molecule has 1 aliphatic heterocycles. The summed E-state index contributed by atoms with van der Waals surface area (Å²) >= 11 is 5.96. The number of piperazine rings is 1. The molecule has 1 fully saturated rings. The van der Waals surface area contributed by atoms with E-state index in [2.05, 4.69) is 21.2 Å². The van der Waals surface area contributed by atoms with E-state index in [9.17, 15) is 9.18 Å². The van der Waals surface area contributed by atoms with Crippen LogP contribution in [-0.2, 0) is 4.79 Å². The Bertz CT molecular complexity index is 795. The lowest BCUT2D eigenvalue weighted by molar-refractivity contribution is -0.117. The van der Waals surface area contributed by atoms with Gasteiger partial charge in [0.15, 0.2) is 0 Å². The van der Waals surface area contributed by atoms with Crippen LogP contribution in [0.3, 0.4) is 0 Å². The lowest BCUT2D eigenvalue weighted by atomic mass is 10.2. The number of benzene rings is 2. The first-order chi connectivity index (χ1) is 13.1. The van der Waals surface area contributed by atoms with Crippen LogP contribution in [0, 0.1) is 5.82 Å². The lowest BCUT2D eigenvalue weighted by Gasteiger charge is -2.36. The minimum Gasteiger partial charge on any atom is -0.492 e. The van der Waals surface area contributed by atoms with E-state index in [0.717, 1.165) is 37.6 Å². The van der Waals surface area contributed by atoms with Gasteiger partial charge in [0.25, 0.3) is 0 Å². The second-order valence-electron chi connectivity index (χ2n) is 6.34. The molecule has 1 N–H and O–H groups in total. The third kappa shape index (κ3) is 5.11. The summed E-state index contributed by atoms with van der Waals surface area (Å²) in [5.41, 5.74) is 1.51. The molecule has 3 rings (SSSR count). The van der Waals surface area contributed by atoms with Gasteiger partial charge in [-0.05, 0) is 37.3 Å². The largest absolute Gasteiger partial charge is 0.492 e. The van der Waals surface area contributed by atoms with Crippen molar-refractivity contribution in [2.24, 2.45) is 0 Å². The monoisotopic (exact) mass is 391 g/mol. The van der Waals surface area contributed by atoms with Gasteiger partial charge in [-0.25, -0.2) is 4.39 Å². The van der Waals surface area contributed by atoms with Crippen molar-refractivity contribution in [3.05, 3.63) is 53.3 Å². The zero-order valence-corrected chi connectivity index (χ0v) is 16.0. The van der Waals surface area contributed by atoms with E-state index in [1.165, 1.54) is 18.2 Å². The zero-order valence-electron chi connectivity index (χ0n) is 15.3. The first-order valence-corrected chi connectivity index (χ1v) is 9.38. The Labute approximate surface area is 163 Å². The number of rotatable bonds is 6. The minimum atomic E-state index is -0.429. The molecule has 5 nitrogen and oxygen atoms in total. The van der Waals surface area contributed by atoms with Gasteiger partial charge in [0.1, 0.15) is 11.6 Å². The maximum atomic E-state index is 13.1. The van der Waals surface area contributed by atoms with E-state index in [1.54, 1.807) is 0 Å². The Kier molecular flexibility index (Phi) is 6.53. The van der Waals surface area contributed by atoms with Crippen LogP contribution in [0.15, 0.2) is 42.5 Å². The molecule has 7 heteroatoms. The third-order valence-corrected chi connectivity index (χ3v) is 4.76. The molecule has 1 aliphatic rings. The number of carbonyl (C=O) groups is 1. The Hall–Kier alpha value is -2.31. The van der Waals surface area contributed by atoms with Gasteiger partial charge in [-0.2, -0.15) is 0 Å². The topological polar surface area (TPSA) is 44.8 Å². The molecule has 2 aromatic carbocycles. The Balaban J connectivity index is 1.53. The molecule has 0 atom stereocenters. The summed E-state index contributed by atoms with van der Waals surface area (Å²) < 4.78 is 18.8. The highest BCUT2D eigenvalue weighted by Gasteiger charge is 2.21. The van der Waals surface area contributed by atoms with E-state index >= 15 is 0 Å². The zero-order chi connectivity index (χ0) is 19.2. The van der Waals surface area contributed by atoms with Crippen LogP contribution in [0.1, 0.15) is 6.92 Å². The number of nitrogens with one attached hydrogen (secondary N) is 1. The van der Waals surface area contributed by atoms with Crippen LogP contribution in [-0.4, -0.2) is 50.1 Å². The number of halogens is 2. The molecule has 144 valence electrons. The van der Waals surface area contributed by atoms with Gasteiger partial charge >= 0.3 is 0 Å². The molecule has 1 saturated heterocycles. The smallest absolute Gasteiger partial charge is 0.238 e. The maximum absolute atomic E-state index is 13.1. The fraction of sp³-hybridized carbons (Fsp3) is 0.350. The number of ether oxygens (including phenoxy) is 1. The minimum absolute atomic E-state index is 0.160. The Morgan fingerprint density at radius 1 is 1.19 bits per heavy atom. The number of anilines is 2. The number of hydrogen-bond donors (Lipinski definition) is 1. The van der Waals surface area contributed by atoms with E-state index in [1.807, 2.05) is 25.1 Å². The van der Waals surface area contributed by atoms with Gasteiger partial charge in [-0.15, -0.1) is 0 Å². The van der Waals surface area contributed by atoms with Crippen LogP contribution < -0.4 is 15.0 Å². The van der Waals surface area contributed by atoms with Crippen LogP contribution in [0.2, 0.25) is 5.02 Å². The Morgan fingerprint density at radius 2 is 1.93 bits per heavy atom. The molecule has 27 heavy (non-hydrogen) atoms. The number of carbonyl (C=O) groups excluding carboxylic acids is 1. The summed E-state index contributed by atoms with van der Waals surface area (Å²) in [6.45, 7) is 6.04. The lowest BCUT2D eigenvalue weighted by Crippen LogP contribution is -2.48. The quantitative estimate of drug-likeness (QED) is 0.816. The normalized spacial score (nSPS) is 14.9. The third-order valence-electron chi connectivity index (χ3n) is 4.45. The van der Waals surface area contributed by atoms with Crippen molar-refractivity contribution >= 4 is 28.9 Å². The van der Waals surface area contributed by atoms with E-state index in [4.69, 9.17) is 16.3 Å². The highest BCUT2D eigenvalue weighted by atomic mass is 35.5. The summed E-state index contributed by atoms with van der Waals surface area (Å²) in [5.74, 6) is 0.297. The maximum Gasteiger partial charge on any atom is 0.238 e. The van der Waals surface area contributed by atoms with Crippen LogP contribution in [0.4, 0.5) is 15.8 Å². The molecule has 0 unspecified atom stereocenters. The molecular formula is C20H23ClFN3O2. The predicted molar refractivity (Wildman–Crippen MR) is 106 cm³/mol. The molecule has 0 aliphatic carbocycles. The summed E-state index contributed by atoms with van der Waals surface area (Å²) in [5, 5.41) is 2.94. The van der Waals surface area contributed by atoms with Crippen molar-refractivity contribution in [3.63, 3.8) is 0 Å². The number of hydrogen-bond acceptors (Lipinski definition) is 4.